The lowest BCUT2D eigenvalue weighted by Crippen LogP contribution is -2.13. The molecule has 0 saturated carbocycles. The third-order valence-corrected chi connectivity index (χ3v) is 3.50. The van der Waals surface area contributed by atoms with Crippen LogP contribution in [-0.4, -0.2) is 16.6 Å². The molecule has 106 valence electrons. The van der Waals surface area contributed by atoms with E-state index in [1.54, 1.807) is 6.20 Å². The van der Waals surface area contributed by atoms with Crippen LogP contribution in [0, 0.1) is 0 Å². The molecule has 1 heterocycles. The molecule has 4 heteroatoms. The van der Waals surface area contributed by atoms with Crippen molar-refractivity contribution in [2.75, 3.05) is 17.6 Å². The number of anilines is 2. The van der Waals surface area contributed by atoms with E-state index in [1.807, 2.05) is 54.6 Å². The molecular formula is C17H17N3O. The molecule has 0 saturated heterocycles. The fourth-order valence-electron chi connectivity index (χ4n) is 2.33. The van der Waals surface area contributed by atoms with Crippen LogP contribution in [0.15, 0.2) is 60.8 Å². The van der Waals surface area contributed by atoms with Gasteiger partial charge in [-0.15, -0.1) is 0 Å². The zero-order chi connectivity index (χ0) is 14.7. The van der Waals surface area contributed by atoms with Crippen molar-refractivity contribution in [3.8, 4) is 0 Å². The Hall–Kier alpha value is -2.59. The minimum atomic E-state index is -0.574. The van der Waals surface area contributed by atoms with Gasteiger partial charge < -0.3 is 16.2 Å². The molecule has 3 rings (SSSR count). The van der Waals surface area contributed by atoms with Gasteiger partial charge in [0.25, 0.3) is 0 Å². The van der Waals surface area contributed by atoms with Crippen molar-refractivity contribution < 1.29 is 5.11 Å². The molecule has 0 radical (unpaired) electrons. The van der Waals surface area contributed by atoms with Crippen LogP contribution >= 0.6 is 0 Å². The number of nitrogens with two attached hydrogens (primary N) is 1. The third kappa shape index (κ3) is 2.80. The summed E-state index contributed by atoms with van der Waals surface area (Å²) in [5.41, 5.74) is 9.37. The summed E-state index contributed by atoms with van der Waals surface area (Å²) in [6, 6.07) is 17.2. The summed E-state index contributed by atoms with van der Waals surface area (Å²) in [7, 11) is 0. The van der Waals surface area contributed by atoms with Crippen molar-refractivity contribution in [3.63, 3.8) is 0 Å². The first-order valence-electron chi connectivity index (χ1n) is 6.86. The van der Waals surface area contributed by atoms with Crippen LogP contribution in [0.3, 0.4) is 0 Å². The first-order chi connectivity index (χ1) is 10.3. The van der Waals surface area contributed by atoms with Gasteiger partial charge in [-0.25, -0.2) is 0 Å². The first kappa shape index (κ1) is 13.4. The second-order valence-electron chi connectivity index (χ2n) is 4.90. The molecule has 0 amide bonds. The van der Waals surface area contributed by atoms with Gasteiger partial charge in [0.2, 0.25) is 0 Å². The monoisotopic (exact) mass is 279 g/mol. The Morgan fingerprint density at radius 2 is 1.86 bits per heavy atom. The number of aromatic nitrogens is 1. The first-order valence-corrected chi connectivity index (χ1v) is 6.86. The van der Waals surface area contributed by atoms with Crippen LogP contribution in [0.1, 0.15) is 11.7 Å². The number of benzene rings is 2. The standard InChI is InChI=1S/C17H17N3O/c18-17-13-7-4-10-19-14(13)8-9-15(17)20-11-16(21)12-5-2-1-3-6-12/h1-10,16,20-21H,11,18H2. The number of aliphatic hydroxyl groups is 1. The molecule has 1 unspecified atom stereocenters. The molecule has 4 nitrogen and oxygen atoms in total. The van der Waals surface area contributed by atoms with Crippen LogP contribution in [0.4, 0.5) is 11.4 Å². The molecule has 1 aromatic heterocycles. The fraction of sp³-hybridized carbons (Fsp3) is 0.118. The van der Waals surface area contributed by atoms with Crippen molar-refractivity contribution in [2.24, 2.45) is 0 Å². The van der Waals surface area contributed by atoms with E-state index in [2.05, 4.69) is 10.3 Å². The summed E-state index contributed by atoms with van der Waals surface area (Å²) < 4.78 is 0. The maximum Gasteiger partial charge on any atom is 0.0962 e. The Morgan fingerprint density at radius 3 is 2.67 bits per heavy atom. The van der Waals surface area contributed by atoms with E-state index in [4.69, 9.17) is 5.73 Å². The molecule has 0 fully saturated rings. The molecule has 1 atom stereocenters. The molecule has 0 aliphatic heterocycles. The normalized spacial score (nSPS) is 12.2. The number of pyridine rings is 1. The van der Waals surface area contributed by atoms with Gasteiger partial charge in [0.15, 0.2) is 0 Å². The van der Waals surface area contributed by atoms with Crippen molar-refractivity contribution in [2.45, 2.75) is 6.10 Å². The lowest BCUT2D eigenvalue weighted by atomic mass is 10.1. The van der Waals surface area contributed by atoms with Crippen LogP contribution in [0.25, 0.3) is 10.9 Å². The van der Waals surface area contributed by atoms with Crippen LogP contribution in [-0.2, 0) is 0 Å². The summed E-state index contributed by atoms with van der Waals surface area (Å²) in [4.78, 5) is 4.27. The smallest absolute Gasteiger partial charge is 0.0962 e. The van der Waals surface area contributed by atoms with Gasteiger partial charge >= 0.3 is 0 Å². The molecule has 21 heavy (non-hydrogen) atoms. The van der Waals surface area contributed by atoms with Gasteiger partial charge in [-0.3, -0.25) is 4.98 Å². The minimum absolute atomic E-state index is 0.403. The van der Waals surface area contributed by atoms with Gasteiger partial charge in [-0.05, 0) is 29.8 Å². The zero-order valence-corrected chi connectivity index (χ0v) is 11.5. The van der Waals surface area contributed by atoms with E-state index in [-0.39, 0.29) is 0 Å². The molecule has 4 N–H and O–H groups in total. The molecule has 0 bridgehead atoms. The van der Waals surface area contributed by atoms with Crippen molar-refractivity contribution in [1.82, 2.24) is 4.98 Å². The molecule has 0 spiro atoms. The predicted octanol–water partition coefficient (Wildman–Crippen LogP) is 2.96. The summed E-state index contributed by atoms with van der Waals surface area (Å²) in [5.74, 6) is 0. The number of fused-ring (bicyclic) bond motifs is 1. The van der Waals surface area contributed by atoms with Crippen LogP contribution in [0.2, 0.25) is 0 Å². The van der Waals surface area contributed by atoms with Crippen LogP contribution in [0.5, 0.6) is 0 Å². The van der Waals surface area contributed by atoms with Crippen molar-refractivity contribution >= 4 is 22.3 Å². The Morgan fingerprint density at radius 1 is 1.05 bits per heavy atom. The SMILES string of the molecule is Nc1c(NCC(O)c2ccccc2)ccc2ncccc12. The Bertz CT molecular complexity index is 743. The highest BCUT2D eigenvalue weighted by atomic mass is 16.3. The third-order valence-electron chi connectivity index (χ3n) is 3.50. The second kappa shape index (κ2) is 5.81. The predicted molar refractivity (Wildman–Crippen MR) is 86.0 cm³/mol. The summed E-state index contributed by atoms with van der Waals surface area (Å²) in [5, 5.41) is 14.3. The lowest BCUT2D eigenvalue weighted by molar-refractivity contribution is 0.191. The number of hydrogen-bond acceptors (Lipinski definition) is 4. The number of hydrogen-bond donors (Lipinski definition) is 3. The van der Waals surface area contributed by atoms with E-state index in [0.29, 0.717) is 12.2 Å². The highest BCUT2D eigenvalue weighted by molar-refractivity contribution is 5.96. The summed E-state index contributed by atoms with van der Waals surface area (Å²) >= 11 is 0. The summed E-state index contributed by atoms with van der Waals surface area (Å²) in [6.45, 7) is 0.403. The number of nitrogens with zero attached hydrogens (tertiary/aromatic N) is 1. The van der Waals surface area contributed by atoms with E-state index in [0.717, 1.165) is 22.2 Å². The van der Waals surface area contributed by atoms with Gasteiger partial charge in [0.05, 0.1) is 23.0 Å². The van der Waals surface area contributed by atoms with Gasteiger partial charge in [-0.1, -0.05) is 30.3 Å². The highest BCUT2D eigenvalue weighted by Crippen LogP contribution is 2.27. The molecule has 2 aromatic carbocycles. The topological polar surface area (TPSA) is 71.2 Å². The van der Waals surface area contributed by atoms with Gasteiger partial charge in [0, 0.05) is 18.1 Å². The van der Waals surface area contributed by atoms with E-state index < -0.39 is 6.10 Å². The fourth-order valence-corrected chi connectivity index (χ4v) is 2.33. The number of nitrogens with one attached hydrogen (secondary N) is 1. The maximum absolute atomic E-state index is 10.2. The highest BCUT2D eigenvalue weighted by Gasteiger charge is 2.09. The number of aliphatic hydroxyl groups excluding tert-OH is 1. The van der Waals surface area contributed by atoms with Crippen LogP contribution < -0.4 is 11.1 Å². The van der Waals surface area contributed by atoms with E-state index >= 15 is 0 Å². The molecular weight excluding hydrogens is 262 g/mol. The number of nitrogen functional groups attached to an aromatic ring is 1. The Balaban J connectivity index is 1.78. The summed E-state index contributed by atoms with van der Waals surface area (Å²) in [6.07, 6.45) is 1.17. The molecule has 3 aromatic rings. The van der Waals surface area contributed by atoms with Crippen molar-refractivity contribution in [3.05, 3.63) is 66.4 Å². The van der Waals surface area contributed by atoms with Gasteiger partial charge in [0.1, 0.15) is 0 Å². The Labute approximate surface area is 123 Å². The lowest BCUT2D eigenvalue weighted by Gasteiger charge is -2.15. The van der Waals surface area contributed by atoms with Crippen molar-refractivity contribution in [1.29, 1.82) is 0 Å². The number of rotatable bonds is 4. The average molecular weight is 279 g/mol. The van der Waals surface area contributed by atoms with E-state index in [9.17, 15) is 5.11 Å². The quantitative estimate of drug-likeness (QED) is 0.642. The largest absolute Gasteiger partial charge is 0.397 e. The average Bonchev–Trinajstić information content (AvgIpc) is 2.55. The molecule has 0 aliphatic rings. The van der Waals surface area contributed by atoms with E-state index in [1.165, 1.54) is 0 Å². The van der Waals surface area contributed by atoms with Gasteiger partial charge in [-0.2, -0.15) is 0 Å². The minimum Gasteiger partial charge on any atom is -0.397 e. The zero-order valence-electron chi connectivity index (χ0n) is 11.5. The Kier molecular flexibility index (Phi) is 3.71. The maximum atomic E-state index is 10.2. The second-order valence-corrected chi connectivity index (χ2v) is 4.90. The molecule has 0 aliphatic carbocycles.